The summed E-state index contributed by atoms with van der Waals surface area (Å²) >= 11 is 0. The lowest BCUT2D eigenvalue weighted by Gasteiger charge is -2.03. The van der Waals surface area contributed by atoms with Crippen LogP contribution in [0.25, 0.3) is 0 Å². The number of fused-ring (bicyclic) bond motifs is 5. The Morgan fingerprint density at radius 3 is 2.91 bits per heavy atom. The predicted octanol–water partition coefficient (Wildman–Crippen LogP) is 0.450. The van der Waals surface area contributed by atoms with Crippen molar-refractivity contribution in [3.05, 3.63) is 0 Å². The molecule has 2 heteroatoms. The molecule has 5 atom stereocenters. The van der Waals surface area contributed by atoms with Crippen LogP contribution in [0.3, 0.4) is 0 Å². The molecule has 1 N–H and O–H groups in total. The highest BCUT2D eigenvalue weighted by atomic mass is 16.3. The average Bonchev–Trinajstić information content (AvgIpc) is 2.48. The minimum atomic E-state index is 0.315. The summed E-state index contributed by atoms with van der Waals surface area (Å²) in [6.07, 6.45) is 1.97. The Labute approximate surface area is 65.6 Å². The van der Waals surface area contributed by atoms with Gasteiger partial charge in [0.15, 0.2) is 0 Å². The molecule has 60 valence electrons. The Bertz CT molecular complexity index is 224. The first-order valence-electron chi connectivity index (χ1n) is 4.46. The number of carbonyl (C=O) groups is 1. The lowest BCUT2D eigenvalue weighted by molar-refractivity contribution is -0.122. The number of rotatable bonds is 1. The summed E-state index contributed by atoms with van der Waals surface area (Å²) in [5.74, 6) is 3.35. The van der Waals surface area contributed by atoms with Crippen LogP contribution in [0.5, 0.6) is 0 Å². The Balaban J connectivity index is 1.88. The van der Waals surface area contributed by atoms with E-state index in [1.54, 1.807) is 0 Å². The zero-order chi connectivity index (χ0) is 7.59. The van der Waals surface area contributed by atoms with E-state index in [4.69, 9.17) is 5.11 Å². The second kappa shape index (κ2) is 1.69. The summed E-state index contributed by atoms with van der Waals surface area (Å²) in [7, 11) is 0. The van der Waals surface area contributed by atoms with Crippen molar-refractivity contribution in [2.45, 2.75) is 12.8 Å². The van der Waals surface area contributed by atoms with Crippen LogP contribution in [-0.4, -0.2) is 17.5 Å². The molecule has 3 rings (SSSR count). The van der Waals surface area contributed by atoms with Crippen molar-refractivity contribution >= 4 is 5.78 Å². The number of ketones is 1. The number of hydrogen-bond acceptors (Lipinski definition) is 2. The van der Waals surface area contributed by atoms with E-state index in [0.717, 1.165) is 18.8 Å². The van der Waals surface area contributed by atoms with Gasteiger partial charge in [-0.3, -0.25) is 4.79 Å². The van der Waals surface area contributed by atoms with E-state index in [9.17, 15) is 4.79 Å². The summed E-state index contributed by atoms with van der Waals surface area (Å²) in [5, 5.41) is 8.95. The third-order valence-corrected chi connectivity index (χ3v) is 3.95. The number of hydrogen-bond donors (Lipinski definition) is 1. The molecular weight excluding hydrogens is 140 g/mol. The molecule has 0 aliphatic heterocycles. The van der Waals surface area contributed by atoms with E-state index in [-0.39, 0.29) is 0 Å². The highest BCUT2D eigenvalue weighted by molar-refractivity contribution is 5.85. The second-order valence-electron chi connectivity index (χ2n) is 4.27. The van der Waals surface area contributed by atoms with Gasteiger partial charge in [-0.05, 0) is 30.1 Å². The molecule has 0 saturated heterocycles. The molecule has 3 fully saturated rings. The van der Waals surface area contributed by atoms with Crippen molar-refractivity contribution in [1.82, 2.24) is 0 Å². The smallest absolute Gasteiger partial charge is 0.136 e. The zero-order valence-electron chi connectivity index (χ0n) is 6.36. The fraction of sp³-hybridized carbons (Fsp3) is 0.889. The van der Waals surface area contributed by atoms with Crippen LogP contribution in [0.15, 0.2) is 0 Å². The van der Waals surface area contributed by atoms with Gasteiger partial charge in [-0.15, -0.1) is 0 Å². The first-order chi connectivity index (χ1) is 5.33. The Morgan fingerprint density at radius 1 is 1.45 bits per heavy atom. The van der Waals surface area contributed by atoms with Crippen molar-refractivity contribution in [3.8, 4) is 0 Å². The lowest BCUT2D eigenvalue weighted by Crippen LogP contribution is -2.11. The third kappa shape index (κ3) is 0.560. The van der Waals surface area contributed by atoms with Crippen LogP contribution < -0.4 is 0 Å². The van der Waals surface area contributed by atoms with Crippen LogP contribution in [0.1, 0.15) is 12.8 Å². The fourth-order valence-corrected chi connectivity index (χ4v) is 3.52. The highest BCUT2D eigenvalue weighted by Gasteiger charge is 2.67. The number of Topliss-reactive ketones (excluding diaryl/α,β-unsaturated/α-hetero) is 1. The molecule has 3 aliphatic rings. The molecule has 2 nitrogen and oxygen atoms in total. The van der Waals surface area contributed by atoms with E-state index < -0.39 is 0 Å². The minimum absolute atomic E-state index is 0.315. The van der Waals surface area contributed by atoms with Crippen LogP contribution in [-0.2, 0) is 4.79 Å². The van der Waals surface area contributed by atoms with Crippen molar-refractivity contribution in [2.75, 3.05) is 6.61 Å². The maximum Gasteiger partial charge on any atom is 0.136 e. The summed E-state index contributed by atoms with van der Waals surface area (Å²) in [6, 6.07) is 0. The molecule has 0 amide bonds. The van der Waals surface area contributed by atoms with Gasteiger partial charge in [0.25, 0.3) is 0 Å². The molecular formula is C9H12O2. The quantitative estimate of drug-likeness (QED) is 0.592. The lowest BCUT2D eigenvalue weighted by atomic mass is 10.00. The van der Waals surface area contributed by atoms with Gasteiger partial charge in [0, 0.05) is 18.9 Å². The first kappa shape index (κ1) is 6.18. The van der Waals surface area contributed by atoms with Gasteiger partial charge in [0.05, 0.1) is 0 Å². The van der Waals surface area contributed by atoms with Gasteiger partial charge < -0.3 is 5.11 Å². The molecule has 0 aromatic carbocycles. The fourth-order valence-electron chi connectivity index (χ4n) is 3.52. The summed E-state index contributed by atoms with van der Waals surface area (Å²) in [6.45, 7) is 0.315. The third-order valence-electron chi connectivity index (χ3n) is 3.95. The molecule has 5 unspecified atom stereocenters. The number of aliphatic hydroxyl groups is 1. The highest BCUT2D eigenvalue weighted by Crippen LogP contribution is 2.67. The van der Waals surface area contributed by atoms with Crippen LogP contribution in [0.4, 0.5) is 0 Å². The molecule has 0 radical (unpaired) electrons. The van der Waals surface area contributed by atoms with Gasteiger partial charge in [-0.25, -0.2) is 0 Å². The molecule has 3 aliphatic carbocycles. The molecule has 0 spiro atoms. The maximum absolute atomic E-state index is 11.3. The van der Waals surface area contributed by atoms with Crippen molar-refractivity contribution in [3.63, 3.8) is 0 Å². The van der Waals surface area contributed by atoms with Gasteiger partial charge >= 0.3 is 0 Å². The summed E-state index contributed by atoms with van der Waals surface area (Å²) in [5.41, 5.74) is 0. The largest absolute Gasteiger partial charge is 0.396 e. The van der Waals surface area contributed by atoms with Gasteiger partial charge in [0.2, 0.25) is 0 Å². The molecule has 0 heterocycles. The zero-order valence-corrected chi connectivity index (χ0v) is 6.36. The van der Waals surface area contributed by atoms with E-state index in [2.05, 4.69) is 0 Å². The van der Waals surface area contributed by atoms with E-state index in [1.165, 1.54) is 0 Å². The minimum Gasteiger partial charge on any atom is -0.396 e. The van der Waals surface area contributed by atoms with Crippen molar-refractivity contribution in [2.24, 2.45) is 29.6 Å². The van der Waals surface area contributed by atoms with E-state index in [0.29, 0.717) is 36.1 Å². The number of aliphatic hydroxyl groups excluding tert-OH is 1. The summed E-state index contributed by atoms with van der Waals surface area (Å²) < 4.78 is 0. The summed E-state index contributed by atoms with van der Waals surface area (Å²) in [4.78, 5) is 11.3. The van der Waals surface area contributed by atoms with E-state index >= 15 is 0 Å². The van der Waals surface area contributed by atoms with Gasteiger partial charge in [0.1, 0.15) is 5.78 Å². The van der Waals surface area contributed by atoms with Crippen LogP contribution >= 0.6 is 0 Å². The van der Waals surface area contributed by atoms with E-state index in [1.807, 2.05) is 0 Å². The first-order valence-corrected chi connectivity index (χ1v) is 4.46. The van der Waals surface area contributed by atoms with Gasteiger partial charge in [-0.1, -0.05) is 0 Å². The Morgan fingerprint density at radius 2 is 2.27 bits per heavy atom. The van der Waals surface area contributed by atoms with Crippen LogP contribution in [0, 0.1) is 29.6 Å². The normalized spacial score (nSPS) is 58.3. The maximum atomic E-state index is 11.3. The second-order valence-corrected chi connectivity index (χ2v) is 4.27. The Kier molecular flexibility index (Phi) is 0.947. The molecule has 0 aromatic heterocycles. The SMILES string of the molecule is O=C1CC2CC1C1C(CO)C21. The number of carbonyl (C=O) groups excluding carboxylic acids is 1. The molecule has 2 bridgehead atoms. The van der Waals surface area contributed by atoms with Crippen molar-refractivity contribution in [1.29, 1.82) is 0 Å². The average molecular weight is 152 g/mol. The monoisotopic (exact) mass is 152 g/mol. The predicted molar refractivity (Wildman–Crippen MR) is 38.8 cm³/mol. The van der Waals surface area contributed by atoms with Gasteiger partial charge in [-0.2, -0.15) is 0 Å². The van der Waals surface area contributed by atoms with Crippen molar-refractivity contribution < 1.29 is 9.90 Å². The topological polar surface area (TPSA) is 37.3 Å². The Hall–Kier alpha value is -0.370. The molecule has 0 aromatic rings. The van der Waals surface area contributed by atoms with Crippen LogP contribution in [0.2, 0.25) is 0 Å². The standard InChI is InChI=1S/C9H12O2/c10-3-6-8-4-1-5(9(6)8)7(11)2-4/h4-6,8-10H,1-3H2. The molecule has 3 saturated carbocycles. The molecule has 11 heavy (non-hydrogen) atoms.